The summed E-state index contributed by atoms with van der Waals surface area (Å²) in [4.78, 5) is 11.8. The van der Waals surface area contributed by atoms with Crippen LogP contribution in [0.3, 0.4) is 0 Å². The van der Waals surface area contributed by atoms with Crippen LogP contribution >= 0.6 is 0 Å². The number of amides is 1. The molecule has 3 unspecified atom stereocenters. The van der Waals surface area contributed by atoms with Crippen LogP contribution in [0.5, 0.6) is 5.75 Å². The molecule has 0 heterocycles. The van der Waals surface area contributed by atoms with Gasteiger partial charge in [0, 0.05) is 0 Å². The number of carbonyl (C=O) groups excluding carboxylic acids is 1. The van der Waals surface area contributed by atoms with E-state index < -0.39 is 6.09 Å². The first-order valence-electron chi connectivity index (χ1n) is 12.5. The quantitative estimate of drug-likeness (QED) is 0.257. The van der Waals surface area contributed by atoms with E-state index in [0.717, 1.165) is 24.2 Å². The van der Waals surface area contributed by atoms with E-state index in [1.165, 1.54) is 63.9 Å². The summed E-state index contributed by atoms with van der Waals surface area (Å²) in [5.74, 6) is 3.10. The molecular weight excluding hydrogens is 386 g/mol. The number of hydrogen-bond donors (Lipinski definition) is 2. The Labute approximate surface area is 191 Å². The predicted octanol–water partition coefficient (Wildman–Crippen LogP) is 8.41. The maximum absolute atomic E-state index is 11.8. The number of anilines is 1. The van der Waals surface area contributed by atoms with Crippen molar-refractivity contribution in [3.8, 4) is 5.75 Å². The van der Waals surface area contributed by atoms with Gasteiger partial charge in [-0.3, -0.25) is 5.32 Å². The van der Waals surface area contributed by atoms with Crippen LogP contribution in [0.2, 0.25) is 0 Å². The second-order valence-electron chi connectivity index (χ2n) is 10.1. The minimum Gasteiger partial charge on any atom is -0.506 e. The lowest BCUT2D eigenvalue weighted by Crippen LogP contribution is -2.15. The van der Waals surface area contributed by atoms with Crippen molar-refractivity contribution in [2.75, 3.05) is 11.9 Å². The van der Waals surface area contributed by atoms with Gasteiger partial charge in [-0.05, 0) is 42.2 Å². The second kappa shape index (κ2) is 16.0. The monoisotopic (exact) mass is 433 g/mol. The number of rotatable bonds is 16. The lowest BCUT2D eigenvalue weighted by molar-refractivity contribution is 0.153. The van der Waals surface area contributed by atoms with E-state index in [9.17, 15) is 9.90 Å². The van der Waals surface area contributed by atoms with E-state index in [1.807, 2.05) is 0 Å². The van der Waals surface area contributed by atoms with Crippen molar-refractivity contribution in [2.24, 2.45) is 23.7 Å². The Hall–Kier alpha value is -1.71. The van der Waals surface area contributed by atoms with E-state index in [2.05, 4.69) is 39.9 Å². The van der Waals surface area contributed by atoms with E-state index in [-0.39, 0.29) is 5.75 Å². The molecule has 178 valence electrons. The number of phenols is 1. The Balaban J connectivity index is 2.03. The lowest BCUT2D eigenvalue weighted by Gasteiger charge is -2.16. The molecule has 1 rings (SSSR count). The van der Waals surface area contributed by atoms with Gasteiger partial charge in [-0.2, -0.15) is 0 Å². The third-order valence-corrected chi connectivity index (χ3v) is 6.25. The zero-order chi connectivity index (χ0) is 23.1. The summed E-state index contributed by atoms with van der Waals surface area (Å²) in [6, 6.07) is 6.65. The van der Waals surface area contributed by atoms with Crippen molar-refractivity contribution in [1.29, 1.82) is 0 Å². The first kappa shape index (κ1) is 27.3. The lowest BCUT2D eigenvalue weighted by atomic mass is 9.91. The van der Waals surface area contributed by atoms with Crippen molar-refractivity contribution in [3.05, 3.63) is 24.3 Å². The van der Waals surface area contributed by atoms with Gasteiger partial charge in [0.1, 0.15) is 5.75 Å². The molecule has 0 aliphatic rings. The van der Waals surface area contributed by atoms with Crippen LogP contribution in [0.1, 0.15) is 98.8 Å². The second-order valence-corrected chi connectivity index (χ2v) is 10.1. The van der Waals surface area contributed by atoms with Gasteiger partial charge in [0.15, 0.2) is 0 Å². The molecule has 1 aromatic rings. The molecule has 0 saturated heterocycles. The smallest absolute Gasteiger partial charge is 0.411 e. The molecule has 0 bridgehead atoms. The van der Waals surface area contributed by atoms with E-state index in [4.69, 9.17) is 4.74 Å². The molecule has 0 aromatic heterocycles. The maximum Gasteiger partial charge on any atom is 0.411 e. The van der Waals surface area contributed by atoms with Gasteiger partial charge >= 0.3 is 6.09 Å². The number of para-hydroxylation sites is 2. The molecule has 0 radical (unpaired) electrons. The normalized spacial score (nSPS) is 14.3. The van der Waals surface area contributed by atoms with Crippen LogP contribution in [0.15, 0.2) is 24.3 Å². The fraction of sp³-hybridized carbons (Fsp3) is 0.741. The zero-order valence-corrected chi connectivity index (χ0v) is 20.7. The van der Waals surface area contributed by atoms with E-state index in [0.29, 0.717) is 18.2 Å². The molecule has 3 atom stereocenters. The highest BCUT2D eigenvalue weighted by Gasteiger charge is 2.10. The van der Waals surface area contributed by atoms with Crippen LogP contribution in [0.4, 0.5) is 10.5 Å². The van der Waals surface area contributed by atoms with Gasteiger partial charge < -0.3 is 9.84 Å². The molecular formula is C27H47NO3. The van der Waals surface area contributed by atoms with Crippen molar-refractivity contribution < 1.29 is 14.6 Å². The standard InChI is InChI=1S/C27H47NO3/c1-21(2)11-8-12-22(3)13-9-14-23(4)15-10-16-24(5)19-20-31-27(30)28-25-17-6-7-18-26(25)29/h6-7,17-18,21-24,29H,8-16,19-20H2,1-5H3,(H,28,30). The predicted molar refractivity (Wildman–Crippen MR) is 132 cm³/mol. The molecule has 4 nitrogen and oxygen atoms in total. The van der Waals surface area contributed by atoms with Gasteiger partial charge in [0.25, 0.3) is 0 Å². The molecule has 0 fully saturated rings. The minimum atomic E-state index is -0.513. The van der Waals surface area contributed by atoms with Crippen LogP contribution in [-0.4, -0.2) is 17.8 Å². The Morgan fingerprint density at radius 3 is 1.81 bits per heavy atom. The highest BCUT2D eigenvalue weighted by atomic mass is 16.5. The third-order valence-electron chi connectivity index (χ3n) is 6.25. The summed E-state index contributed by atoms with van der Waals surface area (Å²) in [7, 11) is 0. The average molecular weight is 434 g/mol. The Morgan fingerprint density at radius 1 is 0.806 bits per heavy atom. The summed E-state index contributed by atoms with van der Waals surface area (Å²) < 4.78 is 5.25. The molecule has 0 aliphatic carbocycles. The highest BCUT2D eigenvalue weighted by molar-refractivity contribution is 5.86. The van der Waals surface area contributed by atoms with Crippen molar-refractivity contribution in [1.82, 2.24) is 0 Å². The topological polar surface area (TPSA) is 58.6 Å². The Bertz CT molecular complexity index is 602. The summed E-state index contributed by atoms with van der Waals surface area (Å²) >= 11 is 0. The molecule has 0 aliphatic heterocycles. The van der Waals surface area contributed by atoms with Gasteiger partial charge in [0.05, 0.1) is 12.3 Å². The number of phenolic OH excluding ortho intramolecular Hbond substituents is 1. The molecule has 2 N–H and O–H groups in total. The summed E-state index contributed by atoms with van der Waals surface area (Å²) in [5, 5.41) is 12.3. The SMILES string of the molecule is CC(C)CCCC(C)CCCC(C)CCCC(C)CCOC(=O)Nc1ccccc1O. The fourth-order valence-corrected chi connectivity index (χ4v) is 4.02. The first-order valence-corrected chi connectivity index (χ1v) is 12.5. The summed E-state index contributed by atoms with van der Waals surface area (Å²) in [5.41, 5.74) is 0.375. The molecule has 0 saturated carbocycles. The number of benzene rings is 1. The highest BCUT2D eigenvalue weighted by Crippen LogP contribution is 2.23. The van der Waals surface area contributed by atoms with Gasteiger partial charge in [-0.25, -0.2) is 4.79 Å². The number of aromatic hydroxyl groups is 1. The number of ether oxygens (including phenoxy) is 1. The summed E-state index contributed by atoms with van der Waals surface area (Å²) in [6.45, 7) is 12.1. The largest absolute Gasteiger partial charge is 0.506 e. The molecule has 1 amide bonds. The maximum atomic E-state index is 11.8. The molecule has 0 spiro atoms. The third kappa shape index (κ3) is 14.1. The molecule has 31 heavy (non-hydrogen) atoms. The van der Waals surface area contributed by atoms with Crippen molar-refractivity contribution in [2.45, 2.75) is 98.8 Å². The Morgan fingerprint density at radius 2 is 1.29 bits per heavy atom. The van der Waals surface area contributed by atoms with E-state index in [1.54, 1.807) is 18.2 Å². The van der Waals surface area contributed by atoms with Crippen molar-refractivity contribution >= 4 is 11.8 Å². The number of carbonyl (C=O) groups is 1. The average Bonchev–Trinajstić information content (AvgIpc) is 2.69. The first-order chi connectivity index (χ1) is 14.8. The van der Waals surface area contributed by atoms with Crippen LogP contribution in [0.25, 0.3) is 0 Å². The number of nitrogens with one attached hydrogen (secondary N) is 1. The van der Waals surface area contributed by atoms with Gasteiger partial charge in [-0.15, -0.1) is 0 Å². The van der Waals surface area contributed by atoms with Gasteiger partial charge in [0.2, 0.25) is 0 Å². The van der Waals surface area contributed by atoms with Gasteiger partial charge in [-0.1, -0.05) is 105 Å². The van der Waals surface area contributed by atoms with Crippen LogP contribution in [0, 0.1) is 23.7 Å². The number of hydrogen-bond acceptors (Lipinski definition) is 3. The Kier molecular flexibility index (Phi) is 14.1. The fourth-order valence-electron chi connectivity index (χ4n) is 4.02. The minimum absolute atomic E-state index is 0.0440. The summed E-state index contributed by atoms with van der Waals surface area (Å²) in [6.07, 6.45) is 12.3. The molecule has 4 heteroatoms. The van der Waals surface area contributed by atoms with Crippen molar-refractivity contribution in [3.63, 3.8) is 0 Å². The van der Waals surface area contributed by atoms with Crippen LogP contribution < -0.4 is 5.32 Å². The van der Waals surface area contributed by atoms with E-state index >= 15 is 0 Å². The van der Waals surface area contributed by atoms with Crippen LogP contribution in [-0.2, 0) is 4.74 Å². The molecule has 1 aromatic carbocycles. The zero-order valence-electron chi connectivity index (χ0n) is 20.7.